The Hall–Kier alpha value is -1.62. The summed E-state index contributed by atoms with van der Waals surface area (Å²) >= 11 is 0. The summed E-state index contributed by atoms with van der Waals surface area (Å²) in [6.07, 6.45) is 2.96. The monoisotopic (exact) mass is 210 g/mol. The fourth-order valence-electron chi connectivity index (χ4n) is 0.871. The minimum Gasteiger partial charge on any atom is -0.416 e. The maximum atomic E-state index is 7.69. The van der Waals surface area contributed by atoms with Crippen LogP contribution >= 0.6 is 0 Å². The molecule has 0 aromatic carbocycles. The van der Waals surface area contributed by atoms with Crippen LogP contribution in [0.3, 0.4) is 0 Å². The molecule has 0 aliphatic carbocycles. The summed E-state index contributed by atoms with van der Waals surface area (Å²) in [7, 11) is 1.74. The normalized spacial score (nSPS) is 12.2. The summed E-state index contributed by atoms with van der Waals surface area (Å²) in [4.78, 5) is 8.65. The molecule has 0 atom stereocenters. The van der Waals surface area contributed by atoms with Crippen LogP contribution in [0.25, 0.3) is 0 Å². The van der Waals surface area contributed by atoms with Crippen LogP contribution in [0.1, 0.15) is 13.8 Å². The number of hydrogen-bond donors (Lipinski definition) is 3. The molecule has 0 radical (unpaired) electrons. The first-order valence-electron chi connectivity index (χ1n) is 4.66. The Morgan fingerprint density at radius 3 is 2.73 bits per heavy atom. The number of aliphatic imine (C=N–C) groups is 1. The van der Waals surface area contributed by atoms with Crippen molar-refractivity contribution in [3.8, 4) is 0 Å². The van der Waals surface area contributed by atoms with E-state index in [9.17, 15) is 0 Å². The lowest BCUT2D eigenvalue weighted by Gasteiger charge is -2.05. The molecular formula is C10H18N4O. The van der Waals surface area contributed by atoms with Crippen molar-refractivity contribution in [3.05, 3.63) is 23.7 Å². The quantitative estimate of drug-likeness (QED) is 0.256. The van der Waals surface area contributed by atoms with Gasteiger partial charge in [-0.05, 0) is 20.6 Å². The second-order valence-electron chi connectivity index (χ2n) is 2.71. The minimum absolute atomic E-state index is 0.324. The largest absolute Gasteiger partial charge is 0.416 e. The first kappa shape index (κ1) is 13.4. The van der Waals surface area contributed by atoms with Gasteiger partial charge in [0.25, 0.3) is 0 Å². The molecule has 0 saturated carbocycles. The standard InChI is InChI=1S/C10H18N4O/c1-5-14-15-7-6-9(11)8(2)10(12-3)13-4/h6-7,11,13-14H,3,5H2,1-2,4H3/b7-6+,10-8+,11-9?. The number of nitrogens with one attached hydrogen (secondary N) is 3. The number of hydrogen-bond acceptors (Lipinski definition) is 5. The van der Waals surface area contributed by atoms with Crippen LogP contribution in [0.5, 0.6) is 0 Å². The van der Waals surface area contributed by atoms with E-state index in [0.717, 1.165) is 0 Å². The fraction of sp³-hybridized carbons (Fsp3) is 0.400. The van der Waals surface area contributed by atoms with Gasteiger partial charge in [0.15, 0.2) is 0 Å². The molecule has 0 aromatic heterocycles. The molecule has 0 aliphatic heterocycles. The van der Waals surface area contributed by atoms with E-state index in [1.165, 1.54) is 6.26 Å². The molecule has 0 amide bonds. The van der Waals surface area contributed by atoms with Gasteiger partial charge in [0.2, 0.25) is 0 Å². The smallest absolute Gasteiger partial charge is 0.129 e. The van der Waals surface area contributed by atoms with Crippen LogP contribution in [-0.4, -0.2) is 26.0 Å². The maximum Gasteiger partial charge on any atom is 0.129 e. The Balaban J connectivity index is 4.38. The van der Waals surface area contributed by atoms with Crippen molar-refractivity contribution < 1.29 is 4.84 Å². The van der Waals surface area contributed by atoms with Gasteiger partial charge in [-0.3, -0.25) is 0 Å². The molecule has 5 nitrogen and oxygen atoms in total. The zero-order valence-corrected chi connectivity index (χ0v) is 9.42. The molecule has 0 heterocycles. The van der Waals surface area contributed by atoms with Gasteiger partial charge in [-0.25, -0.2) is 4.99 Å². The maximum absolute atomic E-state index is 7.69. The topological polar surface area (TPSA) is 69.5 Å². The predicted molar refractivity (Wildman–Crippen MR) is 62.9 cm³/mol. The lowest BCUT2D eigenvalue weighted by Crippen LogP contribution is -2.11. The molecule has 5 heteroatoms. The zero-order chi connectivity index (χ0) is 11.7. The molecule has 0 aromatic rings. The van der Waals surface area contributed by atoms with Crippen molar-refractivity contribution in [2.75, 3.05) is 13.6 Å². The number of nitrogens with zero attached hydrogens (tertiary/aromatic N) is 1. The molecule has 0 saturated heterocycles. The summed E-state index contributed by atoms with van der Waals surface area (Å²) in [6.45, 7) is 7.83. The van der Waals surface area contributed by atoms with E-state index < -0.39 is 0 Å². The van der Waals surface area contributed by atoms with E-state index in [4.69, 9.17) is 10.2 Å². The van der Waals surface area contributed by atoms with E-state index in [1.54, 1.807) is 20.0 Å². The average molecular weight is 210 g/mol. The van der Waals surface area contributed by atoms with Gasteiger partial charge in [-0.1, -0.05) is 0 Å². The minimum atomic E-state index is 0.324. The van der Waals surface area contributed by atoms with E-state index in [1.807, 2.05) is 6.92 Å². The number of allylic oxidation sites excluding steroid dienone is 2. The molecular weight excluding hydrogens is 192 g/mol. The lowest BCUT2D eigenvalue weighted by molar-refractivity contribution is 0.140. The number of rotatable bonds is 7. The molecule has 0 spiro atoms. The van der Waals surface area contributed by atoms with Gasteiger partial charge in [0.05, 0.1) is 5.71 Å². The van der Waals surface area contributed by atoms with Crippen LogP contribution in [0.4, 0.5) is 0 Å². The molecule has 15 heavy (non-hydrogen) atoms. The predicted octanol–water partition coefficient (Wildman–Crippen LogP) is 1.21. The highest BCUT2D eigenvalue weighted by atomic mass is 16.6. The zero-order valence-electron chi connectivity index (χ0n) is 9.42. The highest BCUT2D eigenvalue weighted by Gasteiger charge is 2.01. The first-order valence-corrected chi connectivity index (χ1v) is 4.66. The van der Waals surface area contributed by atoms with E-state index in [0.29, 0.717) is 23.7 Å². The van der Waals surface area contributed by atoms with E-state index in [-0.39, 0.29) is 0 Å². The van der Waals surface area contributed by atoms with Gasteiger partial charge >= 0.3 is 0 Å². The summed E-state index contributed by atoms with van der Waals surface area (Å²) in [5, 5.41) is 10.5. The number of hydroxylamine groups is 1. The Morgan fingerprint density at radius 2 is 2.27 bits per heavy atom. The lowest BCUT2D eigenvalue weighted by atomic mass is 10.2. The second kappa shape index (κ2) is 7.75. The Kier molecular flexibility index (Phi) is 6.92. The molecule has 3 N–H and O–H groups in total. The Morgan fingerprint density at radius 1 is 1.60 bits per heavy atom. The van der Waals surface area contributed by atoms with Crippen LogP contribution in [0.15, 0.2) is 28.7 Å². The molecule has 0 rings (SSSR count). The summed E-state index contributed by atoms with van der Waals surface area (Å²) in [6, 6.07) is 0. The van der Waals surface area contributed by atoms with Gasteiger partial charge in [-0.2, -0.15) is 5.48 Å². The summed E-state index contributed by atoms with van der Waals surface area (Å²) in [5.74, 6) is 0.591. The van der Waals surface area contributed by atoms with Gasteiger partial charge in [0, 0.05) is 25.2 Å². The highest BCUT2D eigenvalue weighted by Crippen LogP contribution is 2.03. The molecule has 0 aliphatic rings. The third kappa shape index (κ3) is 4.97. The average Bonchev–Trinajstić information content (AvgIpc) is 2.25. The van der Waals surface area contributed by atoms with Crippen molar-refractivity contribution in [2.24, 2.45) is 4.99 Å². The first-order chi connectivity index (χ1) is 7.17. The van der Waals surface area contributed by atoms with Gasteiger partial charge in [-0.15, -0.1) is 0 Å². The third-order valence-electron chi connectivity index (χ3n) is 1.68. The van der Waals surface area contributed by atoms with Gasteiger partial charge < -0.3 is 15.6 Å². The van der Waals surface area contributed by atoms with Crippen LogP contribution < -0.4 is 10.8 Å². The summed E-state index contributed by atoms with van der Waals surface area (Å²) in [5.41, 5.74) is 3.68. The molecule has 0 unspecified atom stereocenters. The van der Waals surface area contributed by atoms with Crippen molar-refractivity contribution in [1.29, 1.82) is 5.41 Å². The van der Waals surface area contributed by atoms with Gasteiger partial charge in [0.1, 0.15) is 12.1 Å². The van der Waals surface area contributed by atoms with Crippen molar-refractivity contribution in [1.82, 2.24) is 10.8 Å². The third-order valence-corrected chi connectivity index (χ3v) is 1.68. The van der Waals surface area contributed by atoms with Crippen molar-refractivity contribution >= 4 is 12.4 Å². The Bertz CT molecular complexity index is 281. The van der Waals surface area contributed by atoms with Crippen LogP contribution in [0, 0.1) is 5.41 Å². The van der Waals surface area contributed by atoms with Crippen molar-refractivity contribution in [2.45, 2.75) is 13.8 Å². The Labute approximate surface area is 90.4 Å². The second-order valence-corrected chi connectivity index (χ2v) is 2.71. The molecule has 84 valence electrons. The fourth-order valence-corrected chi connectivity index (χ4v) is 0.871. The highest BCUT2D eigenvalue weighted by molar-refractivity contribution is 6.06. The summed E-state index contributed by atoms with van der Waals surface area (Å²) < 4.78 is 0. The van der Waals surface area contributed by atoms with E-state index >= 15 is 0 Å². The van der Waals surface area contributed by atoms with E-state index in [2.05, 4.69) is 22.5 Å². The van der Waals surface area contributed by atoms with Crippen LogP contribution in [-0.2, 0) is 4.84 Å². The SMILES string of the molecule is C=N/C(NC)=C(/C)C(=N)/C=C/ONCC. The van der Waals surface area contributed by atoms with Crippen LogP contribution in [0.2, 0.25) is 0 Å². The van der Waals surface area contributed by atoms with Crippen molar-refractivity contribution in [3.63, 3.8) is 0 Å². The molecule has 0 fully saturated rings. The molecule has 0 bridgehead atoms.